The van der Waals surface area contributed by atoms with Crippen LogP contribution >= 0.6 is 0 Å². The molecule has 2 aromatic heterocycles. The van der Waals surface area contributed by atoms with Crippen molar-refractivity contribution < 1.29 is 9.32 Å². The zero-order chi connectivity index (χ0) is 12.7. The molecular weight excluding hydrogens is 230 g/mol. The molecule has 0 saturated heterocycles. The lowest BCUT2D eigenvalue weighted by molar-refractivity contribution is 0.0633. The normalized spacial score (nSPS) is 18.8. The van der Waals surface area contributed by atoms with Gasteiger partial charge in [0.15, 0.2) is 5.69 Å². The molecule has 1 amide bonds. The molecule has 18 heavy (non-hydrogen) atoms. The molecule has 0 bridgehead atoms. The van der Waals surface area contributed by atoms with Crippen molar-refractivity contribution in [1.82, 2.24) is 14.6 Å². The van der Waals surface area contributed by atoms with Crippen molar-refractivity contribution in [2.75, 3.05) is 6.54 Å². The number of fused-ring (bicyclic) bond motifs is 1. The smallest absolute Gasteiger partial charge is 0.276 e. The van der Waals surface area contributed by atoms with Crippen LogP contribution in [0.3, 0.4) is 0 Å². The van der Waals surface area contributed by atoms with Crippen molar-refractivity contribution >= 4 is 5.91 Å². The highest BCUT2D eigenvalue weighted by Gasteiger charge is 2.29. The summed E-state index contributed by atoms with van der Waals surface area (Å²) >= 11 is 0. The first kappa shape index (κ1) is 11.1. The maximum Gasteiger partial charge on any atom is 0.276 e. The first-order chi connectivity index (χ1) is 8.66. The van der Waals surface area contributed by atoms with Crippen LogP contribution in [0.15, 0.2) is 28.9 Å². The Morgan fingerprint density at radius 1 is 1.50 bits per heavy atom. The number of aromatic nitrogens is 2. The van der Waals surface area contributed by atoms with E-state index in [1.165, 1.54) is 0 Å². The van der Waals surface area contributed by atoms with E-state index >= 15 is 0 Å². The molecule has 3 rings (SSSR count). The van der Waals surface area contributed by atoms with E-state index in [1.54, 1.807) is 13.0 Å². The molecule has 0 fully saturated rings. The highest BCUT2D eigenvalue weighted by molar-refractivity contribution is 5.92. The summed E-state index contributed by atoms with van der Waals surface area (Å²) in [5, 5.41) is 3.80. The van der Waals surface area contributed by atoms with Gasteiger partial charge in [-0.25, -0.2) is 0 Å². The molecule has 1 atom stereocenters. The van der Waals surface area contributed by atoms with Crippen LogP contribution in [-0.4, -0.2) is 27.1 Å². The van der Waals surface area contributed by atoms with E-state index in [2.05, 4.69) is 15.8 Å². The molecule has 0 aromatic carbocycles. The first-order valence-electron chi connectivity index (χ1n) is 6.06. The summed E-state index contributed by atoms with van der Waals surface area (Å²) in [6, 6.07) is 5.82. The van der Waals surface area contributed by atoms with Crippen LogP contribution in [0.2, 0.25) is 0 Å². The van der Waals surface area contributed by atoms with Crippen molar-refractivity contribution in [3.63, 3.8) is 0 Å². The van der Waals surface area contributed by atoms with Gasteiger partial charge in [-0.3, -0.25) is 4.79 Å². The third-order valence-corrected chi connectivity index (χ3v) is 3.45. The molecule has 94 valence electrons. The van der Waals surface area contributed by atoms with Crippen molar-refractivity contribution in [3.8, 4) is 0 Å². The fraction of sp³-hybridized carbons (Fsp3) is 0.385. The number of carbonyl (C=O) groups is 1. The van der Waals surface area contributed by atoms with Gasteiger partial charge in [-0.1, -0.05) is 5.16 Å². The summed E-state index contributed by atoms with van der Waals surface area (Å²) in [7, 11) is 0. The third kappa shape index (κ3) is 1.63. The molecule has 5 heteroatoms. The van der Waals surface area contributed by atoms with E-state index in [0.29, 0.717) is 18.0 Å². The van der Waals surface area contributed by atoms with Crippen LogP contribution in [0.5, 0.6) is 0 Å². The maximum atomic E-state index is 12.3. The van der Waals surface area contributed by atoms with E-state index in [0.717, 1.165) is 12.2 Å². The Morgan fingerprint density at radius 3 is 3.06 bits per heavy atom. The zero-order valence-electron chi connectivity index (χ0n) is 10.5. The van der Waals surface area contributed by atoms with Crippen LogP contribution in [0, 0.1) is 6.92 Å². The molecule has 0 N–H and O–H groups in total. The zero-order valence-corrected chi connectivity index (χ0v) is 10.5. The second-order valence-corrected chi connectivity index (χ2v) is 4.62. The van der Waals surface area contributed by atoms with Crippen molar-refractivity contribution in [2.45, 2.75) is 26.4 Å². The number of aryl methyl sites for hydroxylation is 1. The Morgan fingerprint density at radius 2 is 2.33 bits per heavy atom. The average molecular weight is 245 g/mol. The summed E-state index contributed by atoms with van der Waals surface area (Å²) < 4.78 is 7.15. The molecule has 0 aliphatic carbocycles. The fourth-order valence-corrected chi connectivity index (χ4v) is 2.47. The standard InChI is InChI=1S/C13H15N3O2/c1-9-8-11(14-18-9)13(17)16-7-6-15-5-3-4-12(15)10(16)2/h3-5,8,10H,6-7H2,1-2H3/t10-/m1/s1. The van der Waals surface area contributed by atoms with Crippen LogP contribution in [0.1, 0.15) is 34.9 Å². The highest BCUT2D eigenvalue weighted by atomic mass is 16.5. The number of nitrogens with zero attached hydrogens (tertiary/aromatic N) is 3. The molecule has 0 spiro atoms. The fourth-order valence-electron chi connectivity index (χ4n) is 2.47. The van der Waals surface area contributed by atoms with Crippen molar-refractivity contribution in [1.29, 1.82) is 0 Å². The van der Waals surface area contributed by atoms with Crippen LogP contribution in [0.4, 0.5) is 0 Å². The lowest BCUT2D eigenvalue weighted by Crippen LogP contribution is -2.40. The summed E-state index contributed by atoms with van der Waals surface area (Å²) in [6.07, 6.45) is 2.05. The second kappa shape index (κ2) is 4.01. The molecule has 0 radical (unpaired) electrons. The van der Waals surface area contributed by atoms with Crippen molar-refractivity contribution in [3.05, 3.63) is 41.5 Å². The molecule has 1 aliphatic rings. The largest absolute Gasteiger partial charge is 0.361 e. The Bertz CT molecular complexity index is 585. The average Bonchev–Trinajstić information content (AvgIpc) is 2.97. The van der Waals surface area contributed by atoms with Gasteiger partial charge >= 0.3 is 0 Å². The van der Waals surface area contributed by atoms with E-state index in [1.807, 2.05) is 24.1 Å². The van der Waals surface area contributed by atoms with E-state index in [9.17, 15) is 4.79 Å². The molecule has 0 saturated carbocycles. The predicted molar refractivity (Wildman–Crippen MR) is 65.1 cm³/mol. The minimum Gasteiger partial charge on any atom is -0.361 e. The summed E-state index contributed by atoms with van der Waals surface area (Å²) in [5.41, 5.74) is 1.55. The molecule has 3 heterocycles. The number of amides is 1. The molecule has 1 aliphatic heterocycles. The van der Waals surface area contributed by atoms with Gasteiger partial charge in [-0.2, -0.15) is 0 Å². The van der Waals surface area contributed by atoms with Gasteiger partial charge in [-0.15, -0.1) is 0 Å². The lowest BCUT2D eigenvalue weighted by Gasteiger charge is -2.34. The highest BCUT2D eigenvalue weighted by Crippen LogP contribution is 2.26. The van der Waals surface area contributed by atoms with E-state index in [-0.39, 0.29) is 11.9 Å². The quantitative estimate of drug-likeness (QED) is 0.772. The van der Waals surface area contributed by atoms with Gasteiger partial charge in [-0.05, 0) is 26.0 Å². The number of rotatable bonds is 1. The number of carbonyl (C=O) groups excluding carboxylic acids is 1. The van der Waals surface area contributed by atoms with Gasteiger partial charge in [0.05, 0.1) is 6.04 Å². The van der Waals surface area contributed by atoms with Gasteiger partial charge in [0.1, 0.15) is 5.76 Å². The van der Waals surface area contributed by atoms with Gasteiger partial charge in [0.25, 0.3) is 5.91 Å². The molecular formula is C13H15N3O2. The van der Waals surface area contributed by atoms with Crippen LogP contribution < -0.4 is 0 Å². The predicted octanol–water partition coefficient (Wildman–Crippen LogP) is 2.00. The van der Waals surface area contributed by atoms with Crippen LogP contribution in [0.25, 0.3) is 0 Å². The Kier molecular flexibility index (Phi) is 2.47. The minimum atomic E-state index is -0.0631. The third-order valence-electron chi connectivity index (χ3n) is 3.45. The topological polar surface area (TPSA) is 51.3 Å². The minimum absolute atomic E-state index is 0.0631. The number of hydrogen-bond acceptors (Lipinski definition) is 3. The summed E-state index contributed by atoms with van der Waals surface area (Å²) in [6.45, 7) is 5.35. The van der Waals surface area contributed by atoms with Crippen molar-refractivity contribution in [2.24, 2.45) is 0 Å². The van der Waals surface area contributed by atoms with Gasteiger partial charge in [0, 0.05) is 31.0 Å². The first-order valence-corrected chi connectivity index (χ1v) is 6.06. The SMILES string of the molecule is Cc1cc(C(=O)N2CCn3cccc3[C@H]2C)no1. The maximum absolute atomic E-state index is 12.3. The van der Waals surface area contributed by atoms with Crippen LogP contribution in [-0.2, 0) is 6.54 Å². The molecule has 0 unspecified atom stereocenters. The van der Waals surface area contributed by atoms with Gasteiger partial charge < -0.3 is 14.0 Å². The van der Waals surface area contributed by atoms with E-state index < -0.39 is 0 Å². The second-order valence-electron chi connectivity index (χ2n) is 4.62. The molecule has 2 aromatic rings. The Balaban J connectivity index is 1.88. The molecule has 5 nitrogen and oxygen atoms in total. The summed E-state index contributed by atoms with van der Waals surface area (Å²) in [5.74, 6) is 0.596. The monoisotopic (exact) mass is 245 g/mol. The Labute approximate surface area is 105 Å². The Hall–Kier alpha value is -2.04. The van der Waals surface area contributed by atoms with E-state index in [4.69, 9.17) is 4.52 Å². The number of hydrogen-bond donors (Lipinski definition) is 0. The summed E-state index contributed by atoms with van der Waals surface area (Å²) in [4.78, 5) is 14.2. The lowest BCUT2D eigenvalue weighted by atomic mass is 10.1. The van der Waals surface area contributed by atoms with Gasteiger partial charge in [0.2, 0.25) is 0 Å².